The Labute approximate surface area is 91.4 Å². The van der Waals surface area contributed by atoms with Gasteiger partial charge in [-0.15, -0.1) is 0 Å². The molecule has 1 saturated carbocycles. The van der Waals surface area contributed by atoms with Gasteiger partial charge in [0.15, 0.2) is 0 Å². The van der Waals surface area contributed by atoms with E-state index in [-0.39, 0.29) is 18.1 Å². The molecule has 0 aliphatic heterocycles. The zero-order valence-corrected chi connectivity index (χ0v) is 9.51. The molecular formula is C11H22N2O2. The highest BCUT2D eigenvalue weighted by Crippen LogP contribution is 2.28. The Kier molecular flexibility index (Phi) is 5.05. The normalized spacial score (nSPS) is 19.1. The zero-order valence-electron chi connectivity index (χ0n) is 9.51. The molecule has 3 N–H and O–H groups in total. The van der Waals surface area contributed by atoms with Crippen LogP contribution in [-0.4, -0.2) is 36.8 Å². The predicted octanol–water partition coefficient (Wildman–Crippen LogP) is 0.407. The highest BCUT2D eigenvalue weighted by atomic mass is 16.3. The Morgan fingerprint density at radius 1 is 1.40 bits per heavy atom. The summed E-state index contributed by atoms with van der Waals surface area (Å²) in [7, 11) is 1.65. The summed E-state index contributed by atoms with van der Waals surface area (Å²) in [5, 5.41) is 15.3. The highest BCUT2D eigenvalue weighted by Gasteiger charge is 2.31. The average molecular weight is 214 g/mol. The number of rotatable bonds is 6. The summed E-state index contributed by atoms with van der Waals surface area (Å²) in [4.78, 5) is 11.0. The SMILES string of the molecule is CNC(=O)CCCNC1(CO)CCCC1. The summed E-state index contributed by atoms with van der Waals surface area (Å²) in [5.74, 6) is 0.0845. The van der Waals surface area contributed by atoms with Crippen LogP contribution in [0.5, 0.6) is 0 Å². The number of aliphatic hydroxyl groups is 1. The monoisotopic (exact) mass is 214 g/mol. The molecule has 4 nitrogen and oxygen atoms in total. The van der Waals surface area contributed by atoms with Gasteiger partial charge in [0.25, 0.3) is 0 Å². The van der Waals surface area contributed by atoms with Crippen molar-refractivity contribution in [1.29, 1.82) is 0 Å². The minimum Gasteiger partial charge on any atom is -0.394 e. The Bertz CT molecular complexity index is 201. The third-order valence-electron chi connectivity index (χ3n) is 3.22. The van der Waals surface area contributed by atoms with Gasteiger partial charge in [0.2, 0.25) is 5.91 Å². The highest BCUT2D eigenvalue weighted by molar-refractivity contribution is 5.75. The van der Waals surface area contributed by atoms with Gasteiger partial charge < -0.3 is 15.7 Å². The number of hydrogen-bond acceptors (Lipinski definition) is 3. The first-order chi connectivity index (χ1) is 7.22. The average Bonchev–Trinajstić information content (AvgIpc) is 2.73. The van der Waals surface area contributed by atoms with Gasteiger partial charge in [0, 0.05) is 19.0 Å². The van der Waals surface area contributed by atoms with Crippen LogP contribution in [0.25, 0.3) is 0 Å². The predicted molar refractivity (Wildman–Crippen MR) is 59.6 cm³/mol. The molecule has 15 heavy (non-hydrogen) atoms. The van der Waals surface area contributed by atoms with Crippen molar-refractivity contribution < 1.29 is 9.90 Å². The molecule has 0 atom stereocenters. The van der Waals surface area contributed by atoms with Gasteiger partial charge in [-0.3, -0.25) is 4.79 Å². The molecule has 0 unspecified atom stereocenters. The van der Waals surface area contributed by atoms with Crippen LogP contribution in [0.15, 0.2) is 0 Å². The molecule has 0 aromatic heterocycles. The van der Waals surface area contributed by atoms with E-state index >= 15 is 0 Å². The first kappa shape index (κ1) is 12.5. The van der Waals surface area contributed by atoms with Gasteiger partial charge in [-0.1, -0.05) is 12.8 Å². The zero-order chi connectivity index (χ0) is 11.1. The van der Waals surface area contributed by atoms with Crippen molar-refractivity contribution in [1.82, 2.24) is 10.6 Å². The van der Waals surface area contributed by atoms with E-state index in [0.29, 0.717) is 6.42 Å². The lowest BCUT2D eigenvalue weighted by Crippen LogP contribution is -2.46. The van der Waals surface area contributed by atoms with Crippen molar-refractivity contribution in [2.75, 3.05) is 20.2 Å². The number of hydrogen-bond donors (Lipinski definition) is 3. The molecule has 0 aromatic carbocycles. The van der Waals surface area contributed by atoms with Crippen LogP contribution in [0.2, 0.25) is 0 Å². The molecule has 88 valence electrons. The van der Waals surface area contributed by atoms with E-state index in [1.807, 2.05) is 0 Å². The van der Waals surface area contributed by atoms with Crippen molar-refractivity contribution in [2.24, 2.45) is 0 Å². The Balaban J connectivity index is 2.15. The lowest BCUT2D eigenvalue weighted by atomic mass is 9.99. The fourth-order valence-electron chi connectivity index (χ4n) is 2.17. The second-order valence-electron chi connectivity index (χ2n) is 4.35. The largest absolute Gasteiger partial charge is 0.394 e. The lowest BCUT2D eigenvalue weighted by molar-refractivity contribution is -0.120. The smallest absolute Gasteiger partial charge is 0.219 e. The van der Waals surface area contributed by atoms with Gasteiger partial charge in [-0.2, -0.15) is 0 Å². The van der Waals surface area contributed by atoms with Crippen LogP contribution in [0.4, 0.5) is 0 Å². The van der Waals surface area contributed by atoms with Gasteiger partial charge in [-0.25, -0.2) is 0 Å². The summed E-state index contributed by atoms with van der Waals surface area (Å²) in [5.41, 5.74) is -0.0529. The molecule has 4 heteroatoms. The molecule has 1 fully saturated rings. The van der Waals surface area contributed by atoms with E-state index in [0.717, 1.165) is 25.8 Å². The number of aliphatic hydroxyl groups excluding tert-OH is 1. The molecule has 0 bridgehead atoms. The van der Waals surface area contributed by atoms with Gasteiger partial charge in [0.05, 0.1) is 6.61 Å². The molecule has 1 rings (SSSR count). The van der Waals surface area contributed by atoms with E-state index in [1.165, 1.54) is 12.8 Å². The molecule has 0 aromatic rings. The van der Waals surface area contributed by atoms with Crippen LogP contribution >= 0.6 is 0 Å². The van der Waals surface area contributed by atoms with Crippen molar-refractivity contribution in [3.8, 4) is 0 Å². The van der Waals surface area contributed by atoms with Crippen LogP contribution < -0.4 is 10.6 Å². The summed E-state index contributed by atoms with van der Waals surface area (Å²) < 4.78 is 0. The number of carbonyl (C=O) groups excluding carboxylic acids is 1. The number of amides is 1. The van der Waals surface area contributed by atoms with Gasteiger partial charge in [0.1, 0.15) is 0 Å². The van der Waals surface area contributed by atoms with E-state index in [4.69, 9.17) is 0 Å². The maximum atomic E-state index is 11.0. The molecule has 1 amide bonds. The summed E-state index contributed by atoms with van der Waals surface area (Å²) in [6, 6.07) is 0. The Morgan fingerprint density at radius 2 is 2.07 bits per heavy atom. The standard InChI is InChI=1S/C11H22N2O2/c1-12-10(15)5-4-8-13-11(9-14)6-2-3-7-11/h13-14H,2-9H2,1H3,(H,12,15). The Morgan fingerprint density at radius 3 is 2.60 bits per heavy atom. The van der Waals surface area contributed by atoms with Crippen molar-refractivity contribution in [2.45, 2.75) is 44.1 Å². The first-order valence-electron chi connectivity index (χ1n) is 5.79. The van der Waals surface area contributed by atoms with E-state index < -0.39 is 0 Å². The maximum Gasteiger partial charge on any atom is 0.219 e. The molecule has 0 heterocycles. The Hall–Kier alpha value is -0.610. The minimum absolute atomic E-state index is 0.0529. The van der Waals surface area contributed by atoms with Crippen molar-refractivity contribution >= 4 is 5.91 Å². The van der Waals surface area contributed by atoms with Crippen LogP contribution in [-0.2, 0) is 4.79 Å². The summed E-state index contributed by atoms with van der Waals surface area (Å²) in [6.45, 7) is 1.03. The topological polar surface area (TPSA) is 61.4 Å². The molecule has 1 aliphatic carbocycles. The molecule has 1 aliphatic rings. The van der Waals surface area contributed by atoms with Crippen LogP contribution in [0, 0.1) is 0 Å². The molecule has 0 spiro atoms. The molecular weight excluding hydrogens is 192 g/mol. The van der Waals surface area contributed by atoms with Crippen LogP contribution in [0.3, 0.4) is 0 Å². The second kappa shape index (κ2) is 6.08. The van der Waals surface area contributed by atoms with Crippen LogP contribution in [0.1, 0.15) is 38.5 Å². The van der Waals surface area contributed by atoms with Crippen molar-refractivity contribution in [3.63, 3.8) is 0 Å². The van der Waals surface area contributed by atoms with Gasteiger partial charge >= 0.3 is 0 Å². The third-order valence-corrected chi connectivity index (χ3v) is 3.22. The molecule has 0 saturated heterocycles. The quantitative estimate of drug-likeness (QED) is 0.561. The molecule has 0 radical (unpaired) electrons. The number of nitrogens with one attached hydrogen (secondary N) is 2. The van der Waals surface area contributed by atoms with E-state index in [9.17, 15) is 9.90 Å². The fraction of sp³-hybridized carbons (Fsp3) is 0.909. The van der Waals surface area contributed by atoms with E-state index in [2.05, 4.69) is 10.6 Å². The number of carbonyl (C=O) groups is 1. The second-order valence-corrected chi connectivity index (χ2v) is 4.35. The van der Waals surface area contributed by atoms with Gasteiger partial charge in [-0.05, 0) is 25.8 Å². The first-order valence-corrected chi connectivity index (χ1v) is 5.79. The summed E-state index contributed by atoms with van der Waals surface area (Å²) >= 11 is 0. The van der Waals surface area contributed by atoms with E-state index in [1.54, 1.807) is 7.05 Å². The minimum atomic E-state index is -0.0529. The maximum absolute atomic E-state index is 11.0. The van der Waals surface area contributed by atoms with Crippen molar-refractivity contribution in [3.05, 3.63) is 0 Å². The fourth-order valence-corrected chi connectivity index (χ4v) is 2.17. The summed E-state index contributed by atoms with van der Waals surface area (Å²) in [6.07, 6.45) is 5.91. The third kappa shape index (κ3) is 3.80. The lowest BCUT2D eigenvalue weighted by Gasteiger charge is -2.28.